The summed E-state index contributed by atoms with van der Waals surface area (Å²) in [4.78, 5) is 27.1. The van der Waals surface area contributed by atoms with E-state index in [2.05, 4.69) is 31.8 Å². The van der Waals surface area contributed by atoms with Gasteiger partial charge in [-0.05, 0) is 46.3 Å². The van der Waals surface area contributed by atoms with E-state index < -0.39 is 11.8 Å². The summed E-state index contributed by atoms with van der Waals surface area (Å²) in [6.07, 6.45) is 0. The van der Waals surface area contributed by atoms with Crippen molar-refractivity contribution in [3.05, 3.63) is 69.3 Å². The van der Waals surface area contributed by atoms with Crippen molar-refractivity contribution in [2.24, 2.45) is 0 Å². The average molecular weight is 393 g/mol. The fraction of sp³-hybridized carbons (Fsp3) is 0. The lowest BCUT2D eigenvalue weighted by atomic mass is 10.2. The lowest BCUT2D eigenvalue weighted by Gasteiger charge is -2.07. The first-order valence-electron chi connectivity index (χ1n) is 6.68. The number of carbonyl (C=O) groups is 2. The highest BCUT2D eigenvalue weighted by molar-refractivity contribution is 9.10. The fourth-order valence-electron chi connectivity index (χ4n) is 2.12. The van der Waals surface area contributed by atoms with Gasteiger partial charge in [0.2, 0.25) is 0 Å². The molecule has 0 unspecified atom stereocenters. The third-order valence-corrected chi connectivity index (χ3v) is 4.16. The number of hydrogen-bond acceptors (Lipinski definition) is 2. The van der Waals surface area contributed by atoms with Crippen LogP contribution in [0.4, 0.5) is 0 Å². The van der Waals surface area contributed by atoms with Crippen molar-refractivity contribution < 1.29 is 9.59 Å². The predicted molar refractivity (Wildman–Crippen MR) is 92.4 cm³/mol. The molecular weight excluding hydrogens is 382 g/mol. The number of hydrazine groups is 1. The summed E-state index contributed by atoms with van der Waals surface area (Å²) in [5.74, 6) is -0.859. The molecule has 0 aliphatic heterocycles. The van der Waals surface area contributed by atoms with Crippen LogP contribution in [0.3, 0.4) is 0 Å². The summed E-state index contributed by atoms with van der Waals surface area (Å²) in [7, 11) is 0. The molecule has 0 atom stereocenters. The Hall–Kier alpha value is -2.31. The molecule has 7 heteroatoms. The van der Waals surface area contributed by atoms with Gasteiger partial charge in [-0.2, -0.15) is 0 Å². The summed E-state index contributed by atoms with van der Waals surface area (Å²) in [5.41, 5.74) is 6.26. The molecule has 0 saturated carbocycles. The first kappa shape index (κ1) is 15.6. The number of H-pyrrole nitrogens is 1. The van der Waals surface area contributed by atoms with Crippen LogP contribution in [-0.2, 0) is 0 Å². The van der Waals surface area contributed by atoms with E-state index in [0.29, 0.717) is 20.8 Å². The SMILES string of the molecule is O=C(NNC(=O)c1ccccc1Br)c1cc2ccc(Cl)cc2[nH]1. The number of benzene rings is 2. The molecule has 0 saturated heterocycles. The van der Waals surface area contributed by atoms with Crippen molar-refractivity contribution in [2.75, 3.05) is 0 Å². The Morgan fingerprint density at radius 2 is 1.74 bits per heavy atom. The Bertz CT molecular complexity index is 907. The number of hydrogen-bond donors (Lipinski definition) is 3. The molecule has 5 nitrogen and oxygen atoms in total. The molecule has 3 aromatic rings. The second-order valence-electron chi connectivity index (χ2n) is 4.80. The topological polar surface area (TPSA) is 74.0 Å². The minimum atomic E-state index is -0.447. The number of halogens is 2. The lowest BCUT2D eigenvalue weighted by molar-refractivity contribution is 0.0844. The van der Waals surface area contributed by atoms with E-state index in [1.807, 2.05) is 6.07 Å². The standard InChI is InChI=1S/C16H11BrClN3O2/c17-12-4-2-1-3-11(12)15(22)20-21-16(23)14-7-9-5-6-10(18)8-13(9)19-14/h1-8,19H,(H,20,22)(H,21,23). The summed E-state index contributed by atoms with van der Waals surface area (Å²) >= 11 is 9.20. The quantitative estimate of drug-likeness (QED) is 0.582. The maximum absolute atomic E-state index is 12.1. The zero-order valence-corrected chi connectivity index (χ0v) is 14.0. The van der Waals surface area contributed by atoms with Crippen molar-refractivity contribution in [2.45, 2.75) is 0 Å². The van der Waals surface area contributed by atoms with E-state index in [1.54, 1.807) is 42.5 Å². The van der Waals surface area contributed by atoms with Crippen LogP contribution in [0.2, 0.25) is 5.02 Å². The third-order valence-electron chi connectivity index (χ3n) is 3.24. The number of fused-ring (bicyclic) bond motifs is 1. The van der Waals surface area contributed by atoms with Crippen LogP contribution in [0.1, 0.15) is 20.8 Å². The van der Waals surface area contributed by atoms with Gasteiger partial charge in [0.1, 0.15) is 5.69 Å². The molecule has 0 spiro atoms. The van der Waals surface area contributed by atoms with Crippen molar-refractivity contribution in [3.8, 4) is 0 Å². The molecule has 3 rings (SSSR count). The molecule has 0 radical (unpaired) electrons. The minimum Gasteiger partial charge on any atom is -0.350 e. The van der Waals surface area contributed by atoms with E-state index in [9.17, 15) is 9.59 Å². The molecule has 1 heterocycles. The molecule has 3 N–H and O–H groups in total. The molecule has 2 aromatic carbocycles. The molecule has 0 bridgehead atoms. The smallest absolute Gasteiger partial charge is 0.286 e. The van der Waals surface area contributed by atoms with E-state index >= 15 is 0 Å². The molecule has 0 aliphatic rings. The van der Waals surface area contributed by atoms with Gasteiger partial charge in [-0.3, -0.25) is 20.4 Å². The summed E-state index contributed by atoms with van der Waals surface area (Å²) in [6, 6.07) is 13.9. The number of nitrogens with one attached hydrogen (secondary N) is 3. The van der Waals surface area contributed by atoms with Gasteiger partial charge in [0.25, 0.3) is 11.8 Å². The van der Waals surface area contributed by atoms with Crippen molar-refractivity contribution in [1.29, 1.82) is 0 Å². The molecule has 0 fully saturated rings. The Labute approximate surface area is 145 Å². The van der Waals surface area contributed by atoms with E-state index in [-0.39, 0.29) is 0 Å². The van der Waals surface area contributed by atoms with Gasteiger partial charge in [0, 0.05) is 20.4 Å². The van der Waals surface area contributed by atoms with Crippen LogP contribution < -0.4 is 10.9 Å². The maximum atomic E-state index is 12.1. The van der Waals surface area contributed by atoms with Crippen LogP contribution >= 0.6 is 27.5 Å². The first-order chi connectivity index (χ1) is 11.0. The second kappa shape index (κ2) is 6.44. The number of amides is 2. The van der Waals surface area contributed by atoms with E-state index in [4.69, 9.17) is 11.6 Å². The van der Waals surface area contributed by atoms with Crippen LogP contribution in [0.5, 0.6) is 0 Å². The minimum absolute atomic E-state index is 0.328. The Morgan fingerprint density at radius 1 is 1.00 bits per heavy atom. The van der Waals surface area contributed by atoms with E-state index in [0.717, 1.165) is 10.9 Å². The summed E-state index contributed by atoms with van der Waals surface area (Å²) in [6.45, 7) is 0. The third kappa shape index (κ3) is 3.38. The van der Waals surface area contributed by atoms with Gasteiger partial charge in [-0.1, -0.05) is 29.8 Å². The molecule has 2 amide bonds. The predicted octanol–water partition coefficient (Wildman–Crippen LogP) is 3.66. The zero-order chi connectivity index (χ0) is 16.4. The lowest BCUT2D eigenvalue weighted by Crippen LogP contribution is -2.41. The highest BCUT2D eigenvalue weighted by Crippen LogP contribution is 2.20. The van der Waals surface area contributed by atoms with Crippen LogP contribution in [0, 0.1) is 0 Å². The normalized spacial score (nSPS) is 10.5. The molecule has 23 heavy (non-hydrogen) atoms. The number of carbonyl (C=O) groups excluding carboxylic acids is 2. The van der Waals surface area contributed by atoms with Gasteiger partial charge >= 0.3 is 0 Å². The summed E-state index contributed by atoms with van der Waals surface area (Å²) < 4.78 is 0.645. The van der Waals surface area contributed by atoms with Crippen LogP contribution in [0.15, 0.2) is 53.0 Å². The largest absolute Gasteiger partial charge is 0.350 e. The van der Waals surface area contributed by atoms with Gasteiger partial charge < -0.3 is 4.98 Å². The fourth-order valence-corrected chi connectivity index (χ4v) is 2.75. The molecule has 1 aromatic heterocycles. The van der Waals surface area contributed by atoms with Gasteiger partial charge in [0.15, 0.2) is 0 Å². The molecule has 116 valence electrons. The van der Waals surface area contributed by atoms with Crippen LogP contribution in [-0.4, -0.2) is 16.8 Å². The Kier molecular flexibility index (Phi) is 4.36. The highest BCUT2D eigenvalue weighted by atomic mass is 79.9. The number of aromatic nitrogens is 1. The van der Waals surface area contributed by atoms with Crippen molar-refractivity contribution in [3.63, 3.8) is 0 Å². The highest BCUT2D eigenvalue weighted by Gasteiger charge is 2.13. The second-order valence-corrected chi connectivity index (χ2v) is 6.09. The van der Waals surface area contributed by atoms with E-state index in [1.165, 1.54) is 0 Å². The maximum Gasteiger partial charge on any atom is 0.286 e. The average Bonchev–Trinajstić information content (AvgIpc) is 2.95. The van der Waals surface area contributed by atoms with Crippen LogP contribution in [0.25, 0.3) is 10.9 Å². The Balaban J connectivity index is 1.71. The van der Waals surface area contributed by atoms with Crippen molar-refractivity contribution in [1.82, 2.24) is 15.8 Å². The first-order valence-corrected chi connectivity index (χ1v) is 7.85. The van der Waals surface area contributed by atoms with Gasteiger partial charge in [-0.15, -0.1) is 0 Å². The van der Waals surface area contributed by atoms with Crippen molar-refractivity contribution >= 4 is 50.2 Å². The van der Waals surface area contributed by atoms with Gasteiger partial charge in [-0.25, -0.2) is 0 Å². The molecule has 0 aliphatic carbocycles. The number of rotatable bonds is 2. The summed E-state index contributed by atoms with van der Waals surface area (Å²) in [5, 5.41) is 1.44. The Morgan fingerprint density at radius 3 is 2.52 bits per heavy atom. The zero-order valence-electron chi connectivity index (χ0n) is 11.7. The number of aromatic amines is 1. The van der Waals surface area contributed by atoms with Gasteiger partial charge in [0.05, 0.1) is 5.56 Å². The monoisotopic (exact) mass is 391 g/mol. The molecular formula is C16H11BrClN3O2.